The van der Waals surface area contributed by atoms with Gasteiger partial charge in [0, 0.05) is 34.8 Å². The summed E-state index contributed by atoms with van der Waals surface area (Å²) in [6.07, 6.45) is 3.01. The quantitative estimate of drug-likeness (QED) is 0.808. The van der Waals surface area contributed by atoms with E-state index in [9.17, 15) is 9.59 Å². The summed E-state index contributed by atoms with van der Waals surface area (Å²) >= 11 is 12.0. The molecule has 1 aromatic heterocycles. The first-order valence-electron chi connectivity index (χ1n) is 8.08. The molecule has 1 aromatic carbocycles. The van der Waals surface area contributed by atoms with E-state index in [2.05, 4.69) is 15.0 Å². The van der Waals surface area contributed by atoms with E-state index in [0.717, 1.165) is 12.8 Å². The van der Waals surface area contributed by atoms with Crippen LogP contribution < -0.4 is 5.32 Å². The number of aromatic nitrogens is 1. The Morgan fingerprint density at radius 3 is 2.65 bits per heavy atom. The summed E-state index contributed by atoms with van der Waals surface area (Å²) < 4.78 is 10.3. The Labute approximate surface area is 160 Å². The molecule has 9 heteroatoms. The summed E-state index contributed by atoms with van der Waals surface area (Å²) in [4.78, 5) is 26.6. The van der Waals surface area contributed by atoms with Crippen molar-refractivity contribution in [3.05, 3.63) is 46.1 Å². The van der Waals surface area contributed by atoms with Gasteiger partial charge in [0.15, 0.2) is 5.82 Å². The number of carbonyl (C=O) groups is 2. The van der Waals surface area contributed by atoms with E-state index in [0.29, 0.717) is 28.8 Å². The van der Waals surface area contributed by atoms with Crippen LogP contribution in [0.5, 0.6) is 0 Å². The molecule has 2 heterocycles. The summed E-state index contributed by atoms with van der Waals surface area (Å²) in [5.74, 6) is -0.455. The third-order valence-corrected chi connectivity index (χ3v) is 4.32. The summed E-state index contributed by atoms with van der Waals surface area (Å²) in [5, 5.41) is 6.90. The van der Waals surface area contributed by atoms with Gasteiger partial charge >= 0.3 is 0 Å². The van der Waals surface area contributed by atoms with Crippen molar-refractivity contribution in [3.63, 3.8) is 0 Å². The van der Waals surface area contributed by atoms with Gasteiger partial charge in [0.05, 0.1) is 6.10 Å². The lowest BCUT2D eigenvalue weighted by atomic mass is 10.1. The van der Waals surface area contributed by atoms with Crippen LogP contribution in [-0.4, -0.2) is 47.7 Å². The number of nitrogens with zero attached hydrogens (tertiary/aromatic N) is 2. The Morgan fingerprint density at radius 1 is 1.27 bits per heavy atom. The van der Waals surface area contributed by atoms with Crippen LogP contribution in [0.25, 0.3) is 0 Å². The SMILES string of the molecule is O=C(CN(C[C@@H]1CCCO1)C(=O)c1cc(Cl)cc(Cl)c1)Nc1ccon1. The van der Waals surface area contributed by atoms with Gasteiger partial charge < -0.3 is 19.5 Å². The first-order valence-corrected chi connectivity index (χ1v) is 8.84. The van der Waals surface area contributed by atoms with E-state index in [4.69, 9.17) is 27.9 Å². The number of ether oxygens (including phenoxy) is 1. The maximum Gasteiger partial charge on any atom is 0.254 e. The predicted molar refractivity (Wildman–Crippen MR) is 96.5 cm³/mol. The highest BCUT2D eigenvalue weighted by molar-refractivity contribution is 6.35. The number of carbonyl (C=O) groups excluding carboxylic acids is 2. The van der Waals surface area contributed by atoms with Gasteiger partial charge in [0.1, 0.15) is 12.8 Å². The van der Waals surface area contributed by atoms with Crippen LogP contribution in [0, 0.1) is 0 Å². The molecule has 0 aliphatic carbocycles. The Hall–Kier alpha value is -2.09. The van der Waals surface area contributed by atoms with E-state index in [1.165, 1.54) is 29.4 Å². The maximum atomic E-state index is 12.9. The highest BCUT2D eigenvalue weighted by Crippen LogP contribution is 2.21. The van der Waals surface area contributed by atoms with Crippen molar-refractivity contribution in [3.8, 4) is 0 Å². The number of benzene rings is 1. The minimum Gasteiger partial charge on any atom is -0.376 e. The van der Waals surface area contributed by atoms with Gasteiger partial charge in [-0.2, -0.15) is 0 Å². The molecule has 138 valence electrons. The van der Waals surface area contributed by atoms with Crippen LogP contribution in [0.3, 0.4) is 0 Å². The molecule has 2 aromatic rings. The number of amides is 2. The zero-order valence-electron chi connectivity index (χ0n) is 13.8. The molecular formula is C17H17Cl2N3O4. The normalized spacial score (nSPS) is 16.5. The highest BCUT2D eigenvalue weighted by Gasteiger charge is 2.26. The van der Waals surface area contributed by atoms with Crippen LogP contribution in [-0.2, 0) is 9.53 Å². The van der Waals surface area contributed by atoms with Gasteiger partial charge in [0.2, 0.25) is 5.91 Å². The monoisotopic (exact) mass is 397 g/mol. The Kier molecular flexibility index (Phi) is 6.13. The first-order chi connectivity index (χ1) is 12.5. The molecule has 0 spiro atoms. The topological polar surface area (TPSA) is 84.7 Å². The summed E-state index contributed by atoms with van der Waals surface area (Å²) in [7, 11) is 0. The minimum absolute atomic E-state index is 0.103. The fourth-order valence-electron chi connectivity index (χ4n) is 2.75. The summed E-state index contributed by atoms with van der Waals surface area (Å²) in [5.41, 5.74) is 0.315. The lowest BCUT2D eigenvalue weighted by Crippen LogP contribution is -2.42. The molecule has 26 heavy (non-hydrogen) atoms. The van der Waals surface area contributed by atoms with Gasteiger partial charge in [-0.05, 0) is 31.0 Å². The van der Waals surface area contributed by atoms with E-state index in [1.807, 2.05) is 0 Å². The zero-order valence-corrected chi connectivity index (χ0v) is 15.3. The van der Waals surface area contributed by atoms with Gasteiger partial charge in [-0.25, -0.2) is 0 Å². The second-order valence-corrected chi connectivity index (χ2v) is 6.78. The average Bonchev–Trinajstić information content (AvgIpc) is 3.26. The van der Waals surface area contributed by atoms with Crippen molar-refractivity contribution in [1.29, 1.82) is 0 Å². The van der Waals surface area contributed by atoms with Gasteiger partial charge in [-0.1, -0.05) is 28.4 Å². The average molecular weight is 398 g/mol. The number of nitrogens with one attached hydrogen (secondary N) is 1. The third-order valence-electron chi connectivity index (χ3n) is 3.88. The zero-order chi connectivity index (χ0) is 18.5. The molecule has 1 atom stereocenters. The fraction of sp³-hybridized carbons (Fsp3) is 0.353. The van der Waals surface area contributed by atoms with Crippen LogP contribution in [0.15, 0.2) is 35.1 Å². The molecular weight excluding hydrogens is 381 g/mol. The van der Waals surface area contributed by atoms with Crippen LogP contribution >= 0.6 is 23.2 Å². The molecule has 0 bridgehead atoms. The third kappa shape index (κ3) is 4.97. The van der Waals surface area contributed by atoms with Gasteiger partial charge in [-0.3, -0.25) is 9.59 Å². The molecule has 1 fully saturated rings. The van der Waals surface area contributed by atoms with Crippen LogP contribution in [0.4, 0.5) is 5.82 Å². The van der Waals surface area contributed by atoms with Crippen molar-refractivity contribution in [2.45, 2.75) is 18.9 Å². The molecule has 7 nitrogen and oxygen atoms in total. The largest absolute Gasteiger partial charge is 0.376 e. The maximum absolute atomic E-state index is 12.9. The van der Waals surface area contributed by atoms with Crippen molar-refractivity contribution >= 4 is 40.8 Å². The Morgan fingerprint density at radius 2 is 2.04 bits per heavy atom. The molecule has 2 amide bonds. The predicted octanol–water partition coefficient (Wildman–Crippen LogP) is 3.24. The first kappa shape index (κ1) is 18.7. The minimum atomic E-state index is -0.390. The second-order valence-electron chi connectivity index (χ2n) is 5.91. The summed E-state index contributed by atoms with van der Waals surface area (Å²) in [6, 6.07) is 6.10. The van der Waals surface area contributed by atoms with E-state index in [1.54, 1.807) is 6.07 Å². The van der Waals surface area contributed by atoms with Gasteiger partial charge in [0.25, 0.3) is 5.91 Å². The fourth-order valence-corrected chi connectivity index (χ4v) is 3.27. The van der Waals surface area contributed by atoms with Crippen molar-refractivity contribution < 1.29 is 18.8 Å². The van der Waals surface area contributed by atoms with Crippen molar-refractivity contribution in [2.24, 2.45) is 0 Å². The number of anilines is 1. The van der Waals surface area contributed by atoms with Crippen molar-refractivity contribution in [1.82, 2.24) is 10.1 Å². The number of rotatable bonds is 6. The smallest absolute Gasteiger partial charge is 0.254 e. The lowest BCUT2D eigenvalue weighted by Gasteiger charge is -2.25. The number of hydrogen-bond acceptors (Lipinski definition) is 5. The molecule has 1 aliphatic heterocycles. The molecule has 1 saturated heterocycles. The summed E-state index contributed by atoms with van der Waals surface area (Å²) in [6.45, 7) is 0.797. The molecule has 1 N–H and O–H groups in total. The van der Waals surface area contributed by atoms with Crippen molar-refractivity contribution in [2.75, 3.05) is 25.0 Å². The van der Waals surface area contributed by atoms with Crippen LogP contribution in [0.1, 0.15) is 23.2 Å². The van der Waals surface area contributed by atoms with Crippen LogP contribution in [0.2, 0.25) is 10.0 Å². The lowest BCUT2D eigenvalue weighted by molar-refractivity contribution is -0.117. The number of hydrogen-bond donors (Lipinski definition) is 1. The Balaban J connectivity index is 1.75. The molecule has 1 aliphatic rings. The van der Waals surface area contributed by atoms with Gasteiger partial charge in [-0.15, -0.1) is 0 Å². The van der Waals surface area contributed by atoms with E-state index < -0.39 is 5.91 Å². The standard InChI is InChI=1S/C17H17Cl2N3O4/c18-12-6-11(7-13(19)8-12)17(24)22(9-14-2-1-4-25-14)10-16(23)20-15-3-5-26-21-15/h3,5-8,14H,1-2,4,9-10H2,(H,20,21,23)/t14-/m0/s1. The molecule has 0 radical (unpaired) electrons. The highest BCUT2D eigenvalue weighted by atomic mass is 35.5. The molecule has 0 saturated carbocycles. The van der Waals surface area contributed by atoms with E-state index in [-0.39, 0.29) is 24.4 Å². The molecule has 0 unspecified atom stereocenters. The Bertz CT molecular complexity index is 756. The van der Waals surface area contributed by atoms with E-state index >= 15 is 0 Å². The molecule has 3 rings (SSSR count). The second kappa shape index (κ2) is 8.53. The number of halogens is 2.